The summed E-state index contributed by atoms with van der Waals surface area (Å²) in [6.07, 6.45) is 4.20. The van der Waals surface area contributed by atoms with Crippen LogP contribution in [0.25, 0.3) is 0 Å². The van der Waals surface area contributed by atoms with Crippen molar-refractivity contribution in [1.29, 1.82) is 0 Å². The maximum absolute atomic E-state index is 13.9. The number of ether oxygens (including phenoxy) is 3. The van der Waals surface area contributed by atoms with E-state index in [1.54, 1.807) is 7.11 Å². The van der Waals surface area contributed by atoms with Crippen molar-refractivity contribution in [3.05, 3.63) is 35.1 Å². The van der Waals surface area contributed by atoms with Gasteiger partial charge in [0.15, 0.2) is 23.0 Å². The van der Waals surface area contributed by atoms with Crippen LogP contribution in [0, 0.1) is 11.8 Å². The lowest BCUT2D eigenvalue weighted by Crippen LogP contribution is -2.41. The van der Waals surface area contributed by atoms with Gasteiger partial charge in [-0.05, 0) is 75.4 Å². The van der Waals surface area contributed by atoms with E-state index in [4.69, 9.17) is 14.2 Å². The van der Waals surface area contributed by atoms with E-state index in [1.807, 2.05) is 23.1 Å². The molecular weight excluding hydrogens is 456 g/mol. The van der Waals surface area contributed by atoms with E-state index in [0.717, 1.165) is 57.3 Å². The quantitative estimate of drug-likeness (QED) is 0.438. The molecule has 4 atom stereocenters. The molecule has 2 aliphatic heterocycles. The highest BCUT2D eigenvalue weighted by molar-refractivity contribution is 6.11. The van der Waals surface area contributed by atoms with Crippen molar-refractivity contribution in [2.75, 3.05) is 39.9 Å². The Kier molecular flexibility index (Phi) is 8.60. The van der Waals surface area contributed by atoms with Crippen LogP contribution in [0.5, 0.6) is 11.5 Å². The lowest BCUT2D eigenvalue weighted by Gasteiger charge is -2.37. The van der Waals surface area contributed by atoms with Gasteiger partial charge < -0.3 is 24.0 Å². The minimum atomic E-state index is -0.469. The Labute approximate surface area is 215 Å². The summed E-state index contributed by atoms with van der Waals surface area (Å²) in [6, 6.07) is 5.30. The molecule has 4 rings (SSSR count). The summed E-state index contributed by atoms with van der Waals surface area (Å²) in [5.74, 6) is 1.78. The Balaban J connectivity index is 1.69. The van der Waals surface area contributed by atoms with E-state index in [-0.39, 0.29) is 29.5 Å². The number of hydrogen-bond donors (Lipinski definition) is 0. The van der Waals surface area contributed by atoms with Crippen molar-refractivity contribution in [2.24, 2.45) is 11.8 Å². The average molecular weight is 499 g/mol. The SMILES string of the molecule is CCCOc1ccc(C2C3=C(OC4CCC(C)CC4C3=O)C(=O)N2CCCN(CC)CC)cc1OC. The number of nitrogens with zero attached hydrogens (tertiary/aromatic N) is 2. The lowest BCUT2D eigenvalue weighted by atomic mass is 9.74. The van der Waals surface area contributed by atoms with Gasteiger partial charge in [0.2, 0.25) is 0 Å². The maximum atomic E-state index is 13.9. The lowest BCUT2D eigenvalue weighted by molar-refractivity contribution is -0.136. The molecule has 0 bridgehead atoms. The molecule has 1 aliphatic carbocycles. The molecule has 1 aromatic carbocycles. The molecular formula is C29H42N2O5. The van der Waals surface area contributed by atoms with Gasteiger partial charge in [-0.3, -0.25) is 9.59 Å². The van der Waals surface area contributed by atoms with E-state index in [2.05, 4.69) is 32.6 Å². The number of methoxy groups -OCH3 is 1. The van der Waals surface area contributed by atoms with Crippen molar-refractivity contribution in [2.45, 2.75) is 71.9 Å². The van der Waals surface area contributed by atoms with Gasteiger partial charge in [-0.15, -0.1) is 0 Å². The Morgan fingerprint density at radius 3 is 2.58 bits per heavy atom. The van der Waals surface area contributed by atoms with E-state index in [1.165, 1.54) is 0 Å². The number of benzene rings is 1. The van der Waals surface area contributed by atoms with Crippen LogP contribution in [0.4, 0.5) is 0 Å². The van der Waals surface area contributed by atoms with Crippen molar-refractivity contribution in [1.82, 2.24) is 9.80 Å². The molecule has 1 amide bonds. The van der Waals surface area contributed by atoms with Crippen LogP contribution in [0.3, 0.4) is 0 Å². The fourth-order valence-electron chi connectivity index (χ4n) is 5.89. The zero-order valence-electron chi connectivity index (χ0n) is 22.5. The summed E-state index contributed by atoms with van der Waals surface area (Å²) in [7, 11) is 1.62. The zero-order chi connectivity index (χ0) is 25.8. The van der Waals surface area contributed by atoms with Gasteiger partial charge in [0, 0.05) is 6.54 Å². The first-order chi connectivity index (χ1) is 17.4. The summed E-state index contributed by atoms with van der Waals surface area (Å²) in [4.78, 5) is 31.8. The van der Waals surface area contributed by atoms with Crippen LogP contribution in [-0.4, -0.2) is 67.5 Å². The highest BCUT2D eigenvalue weighted by Gasteiger charge is 2.52. The first-order valence-electron chi connectivity index (χ1n) is 13.7. The fourth-order valence-corrected chi connectivity index (χ4v) is 5.89. The Morgan fingerprint density at radius 1 is 1.11 bits per heavy atom. The van der Waals surface area contributed by atoms with Crippen LogP contribution in [-0.2, 0) is 14.3 Å². The second-order valence-corrected chi connectivity index (χ2v) is 10.3. The Morgan fingerprint density at radius 2 is 1.89 bits per heavy atom. The molecule has 0 saturated heterocycles. The second-order valence-electron chi connectivity index (χ2n) is 10.3. The minimum absolute atomic E-state index is 0.0858. The summed E-state index contributed by atoms with van der Waals surface area (Å²) < 4.78 is 17.8. The molecule has 0 spiro atoms. The monoisotopic (exact) mass is 498 g/mol. The van der Waals surface area contributed by atoms with Crippen molar-refractivity contribution >= 4 is 11.7 Å². The van der Waals surface area contributed by atoms with E-state index in [0.29, 0.717) is 36.1 Å². The third kappa shape index (κ3) is 5.13. The number of carbonyl (C=O) groups excluding carboxylic acids is 2. The number of amides is 1. The molecule has 1 aromatic rings. The molecule has 1 saturated carbocycles. The van der Waals surface area contributed by atoms with E-state index in [9.17, 15) is 9.59 Å². The summed E-state index contributed by atoms with van der Waals surface area (Å²) in [5.41, 5.74) is 1.39. The predicted octanol–water partition coefficient (Wildman–Crippen LogP) is 4.76. The van der Waals surface area contributed by atoms with Crippen molar-refractivity contribution in [3.63, 3.8) is 0 Å². The van der Waals surface area contributed by atoms with Crippen LogP contribution in [0.15, 0.2) is 29.5 Å². The summed E-state index contributed by atoms with van der Waals surface area (Å²) in [5, 5.41) is 0. The molecule has 7 heteroatoms. The molecule has 1 fully saturated rings. The first-order valence-corrected chi connectivity index (χ1v) is 13.7. The average Bonchev–Trinajstić information content (AvgIpc) is 3.17. The number of rotatable bonds is 11. The van der Waals surface area contributed by atoms with E-state index >= 15 is 0 Å². The second kappa shape index (κ2) is 11.7. The van der Waals surface area contributed by atoms with Gasteiger partial charge in [-0.2, -0.15) is 0 Å². The predicted molar refractivity (Wildman–Crippen MR) is 139 cm³/mol. The summed E-state index contributed by atoms with van der Waals surface area (Å²) in [6.45, 7) is 12.6. The highest BCUT2D eigenvalue weighted by Crippen LogP contribution is 2.48. The van der Waals surface area contributed by atoms with Gasteiger partial charge in [0.05, 0.1) is 31.2 Å². The van der Waals surface area contributed by atoms with Crippen LogP contribution >= 0.6 is 0 Å². The Bertz CT molecular complexity index is 986. The zero-order valence-corrected chi connectivity index (χ0v) is 22.5. The molecule has 0 N–H and O–H groups in total. The van der Waals surface area contributed by atoms with Gasteiger partial charge in [0.1, 0.15) is 6.10 Å². The van der Waals surface area contributed by atoms with Crippen LogP contribution in [0.1, 0.15) is 71.4 Å². The maximum Gasteiger partial charge on any atom is 0.290 e. The molecule has 2 heterocycles. The van der Waals surface area contributed by atoms with Crippen LogP contribution in [0.2, 0.25) is 0 Å². The standard InChI is InChI=1S/C29H42N2O5/c1-6-16-35-23-13-11-20(18-24(23)34-5)26-25-27(32)21-17-19(4)10-12-22(21)36-28(25)29(33)31(26)15-9-14-30(7-2)8-3/h11,13,18-19,21-22,26H,6-10,12,14-17H2,1-5H3. The summed E-state index contributed by atoms with van der Waals surface area (Å²) >= 11 is 0. The van der Waals surface area contributed by atoms with Crippen molar-refractivity contribution < 1.29 is 23.8 Å². The third-order valence-corrected chi connectivity index (χ3v) is 7.94. The molecule has 0 aromatic heterocycles. The minimum Gasteiger partial charge on any atom is -0.493 e. The molecule has 36 heavy (non-hydrogen) atoms. The van der Waals surface area contributed by atoms with Gasteiger partial charge in [0.25, 0.3) is 5.91 Å². The molecule has 4 unspecified atom stereocenters. The number of hydrogen-bond acceptors (Lipinski definition) is 6. The normalized spacial score (nSPS) is 25.7. The molecule has 3 aliphatic rings. The van der Waals surface area contributed by atoms with Crippen LogP contribution < -0.4 is 9.47 Å². The third-order valence-electron chi connectivity index (χ3n) is 7.94. The molecule has 198 valence electrons. The van der Waals surface area contributed by atoms with Crippen molar-refractivity contribution in [3.8, 4) is 11.5 Å². The topological polar surface area (TPSA) is 68.3 Å². The Hall–Kier alpha value is -2.54. The number of ketones is 1. The fraction of sp³-hybridized carbons (Fsp3) is 0.655. The number of fused-ring (bicyclic) bond motifs is 1. The van der Waals surface area contributed by atoms with Gasteiger partial charge >= 0.3 is 0 Å². The largest absolute Gasteiger partial charge is 0.493 e. The van der Waals surface area contributed by atoms with Gasteiger partial charge in [-0.25, -0.2) is 0 Å². The molecule has 0 radical (unpaired) electrons. The van der Waals surface area contributed by atoms with E-state index < -0.39 is 6.04 Å². The van der Waals surface area contributed by atoms with Gasteiger partial charge in [-0.1, -0.05) is 33.8 Å². The first kappa shape index (κ1) is 26.5. The number of carbonyl (C=O) groups is 2. The highest BCUT2D eigenvalue weighted by atomic mass is 16.5. The smallest absolute Gasteiger partial charge is 0.290 e. The number of Topliss-reactive ketones (excluding diaryl/α,β-unsaturated/α-hetero) is 1. The molecule has 7 nitrogen and oxygen atoms in total.